The summed E-state index contributed by atoms with van der Waals surface area (Å²) in [5.41, 5.74) is 1.44. The van der Waals surface area contributed by atoms with Gasteiger partial charge in [0, 0.05) is 5.56 Å². The molecule has 0 saturated heterocycles. The van der Waals surface area contributed by atoms with Gasteiger partial charge in [-0.25, -0.2) is 9.59 Å². The highest BCUT2D eigenvalue weighted by atomic mass is 32.1. The first-order valence-electron chi connectivity index (χ1n) is 5.49. The monoisotopic (exact) mass is 292 g/mol. The highest BCUT2D eigenvalue weighted by Crippen LogP contribution is 2.33. The van der Waals surface area contributed by atoms with E-state index in [1.807, 2.05) is 0 Å². The second-order valence-electron chi connectivity index (χ2n) is 3.93. The molecule has 2 N–H and O–H groups in total. The van der Waals surface area contributed by atoms with Crippen LogP contribution in [-0.4, -0.2) is 28.4 Å². The number of hydrogen-bond donors (Lipinski definition) is 2. The van der Waals surface area contributed by atoms with Gasteiger partial charge in [-0.05, 0) is 18.2 Å². The second kappa shape index (κ2) is 4.49. The molecule has 0 aliphatic heterocycles. The van der Waals surface area contributed by atoms with Crippen molar-refractivity contribution in [3.63, 3.8) is 0 Å². The van der Waals surface area contributed by atoms with Gasteiger partial charge in [0.2, 0.25) is 0 Å². The van der Waals surface area contributed by atoms with Crippen molar-refractivity contribution < 1.29 is 19.1 Å². The summed E-state index contributed by atoms with van der Waals surface area (Å²) in [7, 11) is 1.46. The molecule has 1 aromatic carbocycles. The number of benzene rings is 1. The lowest BCUT2D eigenvalue weighted by molar-refractivity contribution is 0.0690. The van der Waals surface area contributed by atoms with Gasteiger partial charge in [-0.2, -0.15) is 5.10 Å². The standard InChI is InChI=1S/C12H8N2O5S/c1-18-8-2-5(3-9-10(8)19-12(17)20-9)6-4-7(11(15)16)14-13-6/h2-4H,1H3,(H,13,14)(H,15,16). The number of rotatable bonds is 3. The van der Waals surface area contributed by atoms with Crippen molar-refractivity contribution in [1.82, 2.24) is 10.2 Å². The van der Waals surface area contributed by atoms with Crippen LogP contribution in [-0.2, 0) is 0 Å². The summed E-state index contributed by atoms with van der Waals surface area (Å²) in [6, 6.07) is 4.75. The molecular weight excluding hydrogens is 284 g/mol. The zero-order chi connectivity index (χ0) is 14.3. The summed E-state index contributed by atoms with van der Waals surface area (Å²) in [4.78, 5) is 21.7. The molecule has 0 unspecified atom stereocenters. The van der Waals surface area contributed by atoms with Gasteiger partial charge in [0.05, 0.1) is 17.5 Å². The molecule has 0 aliphatic rings. The predicted octanol–water partition coefficient (Wildman–Crippen LogP) is 1.95. The minimum absolute atomic E-state index is 0.0144. The molecule has 102 valence electrons. The minimum Gasteiger partial charge on any atom is -0.493 e. The first-order chi connectivity index (χ1) is 9.58. The molecule has 3 rings (SSSR count). The number of carbonyl (C=O) groups is 1. The van der Waals surface area contributed by atoms with Crippen molar-refractivity contribution in [2.45, 2.75) is 0 Å². The van der Waals surface area contributed by atoms with E-state index in [0.29, 0.717) is 27.3 Å². The number of aromatic nitrogens is 2. The predicted molar refractivity (Wildman–Crippen MR) is 71.5 cm³/mol. The highest BCUT2D eigenvalue weighted by molar-refractivity contribution is 7.16. The van der Waals surface area contributed by atoms with Crippen molar-refractivity contribution in [2.75, 3.05) is 7.11 Å². The largest absolute Gasteiger partial charge is 0.493 e. The third kappa shape index (κ3) is 1.95. The number of fused-ring (bicyclic) bond motifs is 1. The Hall–Kier alpha value is -2.61. The maximum atomic E-state index is 11.3. The third-order valence-corrected chi connectivity index (χ3v) is 3.50. The number of aromatic carboxylic acids is 1. The van der Waals surface area contributed by atoms with E-state index in [1.165, 1.54) is 13.2 Å². The fraction of sp³-hybridized carbons (Fsp3) is 0.0833. The topological polar surface area (TPSA) is 105 Å². The van der Waals surface area contributed by atoms with Crippen LogP contribution in [0, 0.1) is 0 Å². The smallest absolute Gasteiger partial charge is 0.396 e. The van der Waals surface area contributed by atoms with Crippen LogP contribution in [0.25, 0.3) is 21.5 Å². The molecule has 0 fully saturated rings. The van der Waals surface area contributed by atoms with Gasteiger partial charge in [-0.15, -0.1) is 0 Å². The number of carboxylic acid groups (broad SMARTS) is 1. The molecule has 2 heterocycles. The number of ether oxygens (including phenoxy) is 1. The summed E-state index contributed by atoms with van der Waals surface area (Å²) in [5, 5.41) is 15.2. The molecule has 0 radical (unpaired) electrons. The van der Waals surface area contributed by atoms with E-state index in [1.54, 1.807) is 12.1 Å². The Bertz CT molecular complexity index is 860. The maximum absolute atomic E-state index is 11.3. The van der Waals surface area contributed by atoms with Gasteiger partial charge in [0.1, 0.15) is 5.69 Å². The number of nitrogens with zero attached hydrogens (tertiary/aromatic N) is 1. The van der Waals surface area contributed by atoms with Crippen LogP contribution in [0.15, 0.2) is 27.4 Å². The van der Waals surface area contributed by atoms with Crippen LogP contribution in [0.2, 0.25) is 0 Å². The summed E-state index contributed by atoms with van der Waals surface area (Å²) < 4.78 is 10.8. The summed E-state index contributed by atoms with van der Waals surface area (Å²) >= 11 is 0.947. The number of carboxylic acids is 1. The molecular formula is C12H8N2O5S. The van der Waals surface area contributed by atoms with Crippen molar-refractivity contribution >= 4 is 27.6 Å². The molecule has 0 atom stereocenters. The van der Waals surface area contributed by atoms with Gasteiger partial charge in [0.25, 0.3) is 0 Å². The minimum atomic E-state index is -1.09. The quantitative estimate of drug-likeness (QED) is 0.764. The Morgan fingerprint density at radius 1 is 1.45 bits per heavy atom. The van der Waals surface area contributed by atoms with E-state index >= 15 is 0 Å². The first-order valence-corrected chi connectivity index (χ1v) is 6.31. The van der Waals surface area contributed by atoms with E-state index in [4.69, 9.17) is 14.3 Å². The van der Waals surface area contributed by atoms with Crippen molar-refractivity contribution in [2.24, 2.45) is 0 Å². The summed E-state index contributed by atoms with van der Waals surface area (Å²) in [6.07, 6.45) is 0. The number of aromatic amines is 1. The molecule has 7 nitrogen and oxygen atoms in total. The van der Waals surface area contributed by atoms with E-state index in [0.717, 1.165) is 11.3 Å². The third-order valence-electron chi connectivity index (χ3n) is 2.72. The number of H-pyrrole nitrogens is 1. The molecule has 0 bridgehead atoms. The van der Waals surface area contributed by atoms with Crippen molar-refractivity contribution in [3.05, 3.63) is 33.6 Å². The molecule has 0 spiro atoms. The Morgan fingerprint density at radius 2 is 2.25 bits per heavy atom. The van der Waals surface area contributed by atoms with Gasteiger partial charge >= 0.3 is 10.9 Å². The van der Waals surface area contributed by atoms with Gasteiger partial charge in [-0.3, -0.25) is 5.10 Å². The Balaban J connectivity index is 2.19. The molecule has 0 aliphatic carbocycles. The molecule has 0 saturated carbocycles. The van der Waals surface area contributed by atoms with Crippen LogP contribution in [0.3, 0.4) is 0 Å². The molecule has 20 heavy (non-hydrogen) atoms. The number of nitrogens with one attached hydrogen (secondary N) is 1. The van der Waals surface area contributed by atoms with Crippen LogP contribution < -0.4 is 9.68 Å². The zero-order valence-corrected chi connectivity index (χ0v) is 11.0. The zero-order valence-electron chi connectivity index (χ0n) is 10.2. The number of hydrogen-bond acceptors (Lipinski definition) is 6. The van der Waals surface area contributed by atoms with Crippen LogP contribution in [0.5, 0.6) is 5.75 Å². The van der Waals surface area contributed by atoms with Gasteiger partial charge in [-0.1, -0.05) is 11.3 Å². The first kappa shape index (κ1) is 12.4. The SMILES string of the molecule is COc1cc(-c2cc(C(=O)O)[nH]n2)cc2sc(=O)oc12. The fourth-order valence-corrected chi connectivity index (χ4v) is 2.55. The Kier molecular flexibility index (Phi) is 2.79. The second-order valence-corrected chi connectivity index (χ2v) is 4.91. The van der Waals surface area contributed by atoms with E-state index in [9.17, 15) is 9.59 Å². The average molecular weight is 292 g/mol. The number of methoxy groups -OCH3 is 1. The maximum Gasteiger partial charge on any atom is 0.396 e. The Morgan fingerprint density at radius 3 is 2.90 bits per heavy atom. The lowest BCUT2D eigenvalue weighted by Gasteiger charge is -2.02. The highest BCUT2D eigenvalue weighted by Gasteiger charge is 2.15. The van der Waals surface area contributed by atoms with Crippen LogP contribution in [0.1, 0.15) is 10.5 Å². The lowest BCUT2D eigenvalue weighted by Crippen LogP contribution is -1.95. The summed E-state index contributed by atoms with van der Waals surface area (Å²) in [5.74, 6) is -0.694. The van der Waals surface area contributed by atoms with Gasteiger partial charge in [0.15, 0.2) is 11.3 Å². The van der Waals surface area contributed by atoms with Crippen LogP contribution >= 0.6 is 11.3 Å². The molecule has 8 heteroatoms. The average Bonchev–Trinajstić information content (AvgIpc) is 3.02. The fourth-order valence-electron chi connectivity index (χ4n) is 1.83. The lowest BCUT2D eigenvalue weighted by atomic mass is 10.1. The van der Waals surface area contributed by atoms with Crippen LogP contribution in [0.4, 0.5) is 0 Å². The molecule has 3 aromatic rings. The summed E-state index contributed by atoms with van der Waals surface area (Å²) in [6.45, 7) is 0. The molecule has 0 amide bonds. The normalized spacial score (nSPS) is 10.8. The van der Waals surface area contributed by atoms with Crippen molar-refractivity contribution in [3.8, 4) is 17.0 Å². The van der Waals surface area contributed by atoms with E-state index in [-0.39, 0.29) is 5.69 Å². The molecule has 2 aromatic heterocycles. The van der Waals surface area contributed by atoms with Gasteiger partial charge < -0.3 is 14.3 Å². The van der Waals surface area contributed by atoms with Crippen molar-refractivity contribution in [1.29, 1.82) is 0 Å². The van der Waals surface area contributed by atoms with E-state index < -0.39 is 10.9 Å². The Labute approximate surface area is 115 Å². The van der Waals surface area contributed by atoms with E-state index in [2.05, 4.69) is 10.2 Å².